The van der Waals surface area contributed by atoms with Crippen LogP contribution >= 0.6 is 0 Å². The van der Waals surface area contributed by atoms with Crippen molar-refractivity contribution in [3.63, 3.8) is 0 Å². The Hall–Kier alpha value is -3.67. The van der Waals surface area contributed by atoms with Crippen LogP contribution in [-0.2, 0) is 11.3 Å². The highest BCUT2D eigenvalue weighted by Crippen LogP contribution is 2.21. The maximum Gasteiger partial charge on any atom is 0.261 e. The van der Waals surface area contributed by atoms with Gasteiger partial charge in [-0.15, -0.1) is 0 Å². The molecule has 1 heterocycles. The summed E-state index contributed by atoms with van der Waals surface area (Å²) < 4.78 is 11.0. The van der Waals surface area contributed by atoms with Crippen LogP contribution in [0.3, 0.4) is 0 Å². The summed E-state index contributed by atoms with van der Waals surface area (Å²) in [4.78, 5) is 16.7. The summed E-state index contributed by atoms with van der Waals surface area (Å²) in [6.07, 6.45) is -0.657. The average Bonchev–Trinajstić information content (AvgIpc) is 3.21. The van der Waals surface area contributed by atoms with Gasteiger partial charge in [0.15, 0.2) is 6.10 Å². The van der Waals surface area contributed by atoms with Crippen LogP contribution in [0.4, 0.5) is 0 Å². The minimum atomic E-state index is -0.657. The molecular formula is C23H21N3O3. The van der Waals surface area contributed by atoms with E-state index < -0.39 is 6.10 Å². The number of carbonyl (C=O) groups is 1. The van der Waals surface area contributed by atoms with Gasteiger partial charge in [0.25, 0.3) is 5.91 Å². The molecule has 0 fully saturated rings. The lowest BCUT2D eigenvalue weighted by Crippen LogP contribution is -2.35. The second-order valence-corrected chi connectivity index (χ2v) is 6.87. The fraction of sp³-hybridized carbons (Fsp3) is 0.174. The van der Waals surface area contributed by atoms with Crippen LogP contribution in [-0.4, -0.2) is 22.2 Å². The van der Waals surface area contributed by atoms with E-state index in [2.05, 4.69) is 15.5 Å². The molecule has 3 aromatic carbocycles. The molecule has 0 aliphatic rings. The third kappa shape index (κ3) is 4.43. The molecular weight excluding hydrogens is 366 g/mol. The molecule has 6 heteroatoms. The number of aromatic nitrogens is 2. The summed E-state index contributed by atoms with van der Waals surface area (Å²) in [5.74, 6) is 1.23. The first-order chi connectivity index (χ1) is 14.1. The zero-order valence-electron chi connectivity index (χ0n) is 16.3. The number of ether oxygens (including phenoxy) is 1. The molecule has 0 bridgehead atoms. The Morgan fingerprint density at radius 2 is 1.90 bits per heavy atom. The Morgan fingerprint density at radius 3 is 2.72 bits per heavy atom. The summed E-state index contributed by atoms with van der Waals surface area (Å²) in [7, 11) is 0. The SMILES string of the molecule is Cc1cccc(-c2noc(CNC(=O)[C@H](C)Oc3ccc4ccccc4c3)n2)c1. The van der Waals surface area contributed by atoms with Crippen LogP contribution in [0.25, 0.3) is 22.2 Å². The van der Waals surface area contributed by atoms with E-state index in [0.29, 0.717) is 17.5 Å². The summed E-state index contributed by atoms with van der Waals surface area (Å²) >= 11 is 0. The maximum absolute atomic E-state index is 12.4. The van der Waals surface area contributed by atoms with E-state index in [1.807, 2.05) is 73.7 Å². The van der Waals surface area contributed by atoms with Crippen LogP contribution in [0, 0.1) is 6.92 Å². The van der Waals surface area contributed by atoms with Crippen molar-refractivity contribution >= 4 is 16.7 Å². The molecule has 1 aromatic heterocycles. The van der Waals surface area contributed by atoms with E-state index in [4.69, 9.17) is 9.26 Å². The van der Waals surface area contributed by atoms with E-state index >= 15 is 0 Å². The van der Waals surface area contributed by atoms with Crippen molar-refractivity contribution in [3.05, 3.63) is 78.2 Å². The first-order valence-corrected chi connectivity index (χ1v) is 9.41. The lowest BCUT2D eigenvalue weighted by molar-refractivity contribution is -0.127. The van der Waals surface area contributed by atoms with Crippen molar-refractivity contribution in [2.24, 2.45) is 0 Å². The molecule has 146 valence electrons. The summed E-state index contributed by atoms with van der Waals surface area (Å²) in [5, 5.41) is 8.94. The lowest BCUT2D eigenvalue weighted by atomic mass is 10.1. The van der Waals surface area contributed by atoms with Gasteiger partial charge in [-0.3, -0.25) is 4.79 Å². The van der Waals surface area contributed by atoms with E-state index in [9.17, 15) is 4.79 Å². The quantitative estimate of drug-likeness (QED) is 0.534. The van der Waals surface area contributed by atoms with E-state index in [1.165, 1.54) is 0 Å². The highest BCUT2D eigenvalue weighted by Gasteiger charge is 2.16. The van der Waals surface area contributed by atoms with E-state index in [-0.39, 0.29) is 12.5 Å². The number of hydrogen-bond donors (Lipinski definition) is 1. The first-order valence-electron chi connectivity index (χ1n) is 9.41. The predicted molar refractivity (Wildman–Crippen MR) is 110 cm³/mol. The number of benzene rings is 3. The average molecular weight is 387 g/mol. The monoisotopic (exact) mass is 387 g/mol. The van der Waals surface area contributed by atoms with Crippen molar-refractivity contribution in [2.45, 2.75) is 26.5 Å². The minimum Gasteiger partial charge on any atom is -0.481 e. The van der Waals surface area contributed by atoms with Crippen molar-refractivity contribution in [1.82, 2.24) is 15.5 Å². The Bertz CT molecular complexity index is 1150. The van der Waals surface area contributed by atoms with Crippen molar-refractivity contribution in [1.29, 1.82) is 0 Å². The molecule has 0 saturated carbocycles. The standard InChI is InChI=1S/C23H21N3O3/c1-15-6-5-9-19(12-15)22-25-21(29-26-22)14-24-23(27)16(2)28-20-11-10-17-7-3-4-8-18(17)13-20/h3-13,16H,14H2,1-2H3,(H,24,27)/t16-/m0/s1. The van der Waals surface area contributed by atoms with Gasteiger partial charge >= 0.3 is 0 Å². The van der Waals surface area contributed by atoms with Crippen molar-refractivity contribution < 1.29 is 14.1 Å². The van der Waals surface area contributed by atoms with Crippen LogP contribution < -0.4 is 10.1 Å². The van der Waals surface area contributed by atoms with Crippen molar-refractivity contribution in [2.75, 3.05) is 0 Å². The summed E-state index contributed by atoms with van der Waals surface area (Å²) in [6, 6.07) is 21.6. The second kappa shape index (κ2) is 8.14. The van der Waals surface area contributed by atoms with Gasteiger partial charge in [0.1, 0.15) is 5.75 Å². The molecule has 0 spiro atoms. The van der Waals surface area contributed by atoms with Crippen LogP contribution in [0.15, 0.2) is 71.3 Å². The van der Waals surface area contributed by atoms with E-state index in [1.54, 1.807) is 6.92 Å². The van der Waals surface area contributed by atoms with Gasteiger partial charge in [-0.1, -0.05) is 59.3 Å². The smallest absolute Gasteiger partial charge is 0.261 e. The molecule has 6 nitrogen and oxygen atoms in total. The largest absolute Gasteiger partial charge is 0.481 e. The lowest BCUT2D eigenvalue weighted by Gasteiger charge is -2.14. The number of hydrogen-bond acceptors (Lipinski definition) is 5. The fourth-order valence-corrected chi connectivity index (χ4v) is 3.03. The third-order valence-electron chi connectivity index (χ3n) is 4.56. The number of carbonyl (C=O) groups excluding carboxylic acids is 1. The summed E-state index contributed by atoms with van der Waals surface area (Å²) in [5.41, 5.74) is 1.99. The normalized spacial score (nSPS) is 11.9. The molecule has 0 aliphatic carbocycles. The molecule has 0 radical (unpaired) electrons. The molecule has 0 unspecified atom stereocenters. The van der Waals surface area contributed by atoms with Gasteiger partial charge in [-0.05, 0) is 42.8 Å². The minimum absolute atomic E-state index is 0.142. The molecule has 0 aliphatic heterocycles. The van der Waals surface area contributed by atoms with Gasteiger partial charge in [-0.2, -0.15) is 4.98 Å². The Morgan fingerprint density at radius 1 is 1.07 bits per heavy atom. The van der Waals surface area contributed by atoms with Gasteiger partial charge in [-0.25, -0.2) is 0 Å². The predicted octanol–water partition coefficient (Wildman–Crippen LogP) is 4.28. The molecule has 0 saturated heterocycles. The van der Waals surface area contributed by atoms with Crippen LogP contribution in [0.2, 0.25) is 0 Å². The molecule has 4 rings (SSSR count). The van der Waals surface area contributed by atoms with Gasteiger partial charge in [0, 0.05) is 5.56 Å². The van der Waals surface area contributed by atoms with E-state index in [0.717, 1.165) is 21.9 Å². The van der Waals surface area contributed by atoms with Gasteiger partial charge in [0.05, 0.1) is 6.54 Å². The van der Waals surface area contributed by atoms with Gasteiger partial charge < -0.3 is 14.6 Å². The second-order valence-electron chi connectivity index (χ2n) is 6.87. The first kappa shape index (κ1) is 18.7. The topological polar surface area (TPSA) is 77.2 Å². The number of nitrogens with one attached hydrogen (secondary N) is 1. The maximum atomic E-state index is 12.4. The highest BCUT2D eigenvalue weighted by molar-refractivity contribution is 5.84. The Kier molecular flexibility index (Phi) is 5.24. The van der Waals surface area contributed by atoms with Crippen LogP contribution in [0.1, 0.15) is 18.4 Å². The summed E-state index contributed by atoms with van der Waals surface area (Å²) in [6.45, 7) is 3.85. The Labute approximate surface area is 168 Å². The number of nitrogens with zero attached hydrogens (tertiary/aromatic N) is 2. The number of rotatable bonds is 6. The number of amides is 1. The third-order valence-corrected chi connectivity index (χ3v) is 4.56. The number of aryl methyl sites for hydroxylation is 1. The highest BCUT2D eigenvalue weighted by atomic mass is 16.5. The molecule has 4 aromatic rings. The Balaban J connectivity index is 1.35. The van der Waals surface area contributed by atoms with Gasteiger partial charge in [0.2, 0.25) is 11.7 Å². The molecule has 1 amide bonds. The van der Waals surface area contributed by atoms with Crippen LogP contribution in [0.5, 0.6) is 5.75 Å². The zero-order chi connectivity index (χ0) is 20.2. The molecule has 29 heavy (non-hydrogen) atoms. The zero-order valence-corrected chi connectivity index (χ0v) is 16.3. The van der Waals surface area contributed by atoms with Crippen molar-refractivity contribution in [3.8, 4) is 17.1 Å². The fourth-order valence-electron chi connectivity index (χ4n) is 3.03. The number of fused-ring (bicyclic) bond motifs is 1. The molecule has 1 N–H and O–H groups in total. The molecule has 1 atom stereocenters.